The summed E-state index contributed by atoms with van der Waals surface area (Å²) < 4.78 is 0. The third-order valence-electron chi connectivity index (χ3n) is 2.96. The minimum Gasteiger partial charge on any atom is -0.303 e. The molecule has 4 nitrogen and oxygen atoms in total. The number of carbonyl (C=O) groups excluding carboxylic acids is 1. The topological polar surface area (TPSA) is 44.4 Å². The number of halogens is 1. The Kier molecular flexibility index (Phi) is 5.76. The number of hydrogen-bond acceptors (Lipinski definition) is 4. The average Bonchev–Trinajstić information content (AvgIpc) is 2.46. The number of nitrogens with zero attached hydrogens (tertiary/aromatic N) is 1. The van der Waals surface area contributed by atoms with Crippen LogP contribution in [0.1, 0.15) is 6.42 Å². The molecule has 6 heteroatoms. The van der Waals surface area contributed by atoms with Crippen LogP contribution in [-0.4, -0.2) is 36.7 Å². The molecule has 0 saturated heterocycles. The maximum atomic E-state index is 11.7. The monoisotopic (exact) mass is 311 g/mol. The molecule has 0 fully saturated rings. The first-order valence-electron chi connectivity index (χ1n) is 6.44. The third-order valence-corrected chi connectivity index (χ3v) is 4.22. The normalized spacial score (nSPS) is 15.6. The lowest BCUT2D eigenvalue weighted by molar-refractivity contribution is -0.119. The second kappa shape index (κ2) is 7.57. The highest BCUT2D eigenvalue weighted by molar-refractivity contribution is 8.00. The second-order valence-corrected chi connectivity index (χ2v) is 6.14. The van der Waals surface area contributed by atoms with Gasteiger partial charge in [-0.25, -0.2) is 0 Å². The Morgan fingerprint density at radius 2 is 2.15 bits per heavy atom. The zero-order chi connectivity index (χ0) is 14.4. The van der Waals surface area contributed by atoms with Crippen molar-refractivity contribution in [1.82, 2.24) is 15.8 Å². The van der Waals surface area contributed by atoms with E-state index in [1.165, 1.54) is 11.8 Å². The molecule has 1 aromatic rings. The van der Waals surface area contributed by atoms with Crippen LogP contribution in [0.15, 0.2) is 40.9 Å². The third kappa shape index (κ3) is 5.07. The standard InChI is InChI=1S/C14H18ClN3OS/c1-18-8-6-12(7-9-18)16-17-14(19)10-20-13-4-2-11(15)3-5-13/h2-6,16H,7-10H2,1H3,(H,17,19). The molecular formula is C14H18ClN3OS. The zero-order valence-electron chi connectivity index (χ0n) is 11.4. The van der Waals surface area contributed by atoms with Gasteiger partial charge < -0.3 is 10.3 Å². The molecular weight excluding hydrogens is 294 g/mol. The number of benzene rings is 1. The van der Waals surface area contributed by atoms with Gasteiger partial charge in [0, 0.05) is 35.1 Å². The molecule has 0 radical (unpaired) electrons. The SMILES string of the molecule is CN1CC=C(NNC(=O)CSc2ccc(Cl)cc2)CC1. The Bertz CT molecular complexity index is 490. The van der Waals surface area contributed by atoms with Gasteiger partial charge in [0.1, 0.15) is 0 Å². The van der Waals surface area contributed by atoms with Crippen molar-refractivity contribution in [2.75, 3.05) is 25.9 Å². The molecule has 0 atom stereocenters. The zero-order valence-corrected chi connectivity index (χ0v) is 12.9. The first kappa shape index (κ1) is 15.2. The minimum atomic E-state index is -0.0372. The summed E-state index contributed by atoms with van der Waals surface area (Å²) in [4.78, 5) is 15.0. The van der Waals surface area contributed by atoms with E-state index in [2.05, 4.69) is 28.9 Å². The Hall–Kier alpha value is -1.17. The Morgan fingerprint density at radius 1 is 1.40 bits per heavy atom. The summed E-state index contributed by atoms with van der Waals surface area (Å²) in [7, 11) is 2.08. The number of amides is 1. The Balaban J connectivity index is 1.69. The minimum absolute atomic E-state index is 0.0372. The van der Waals surface area contributed by atoms with Crippen molar-refractivity contribution in [3.8, 4) is 0 Å². The fourth-order valence-corrected chi connectivity index (χ4v) is 2.57. The van der Waals surface area contributed by atoms with Crippen molar-refractivity contribution in [3.05, 3.63) is 41.1 Å². The van der Waals surface area contributed by atoms with Gasteiger partial charge in [0.05, 0.1) is 5.75 Å². The van der Waals surface area contributed by atoms with Gasteiger partial charge in [-0.15, -0.1) is 11.8 Å². The van der Waals surface area contributed by atoms with E-state index in [4.69, 9.17) is 11.6 Å². The quantitative estimate of drug-likeness (QED) is 0.647. The fraction of sp³-hybridized carbons (Fsp3) is 0.357. The van der Waals surface area contributed by atoms with Crippen LogP contribution in [0.3, 0.4) is 0 Å². The smallest absolute Gasteiger partial charge is 0.248 e. The maximum Gasteiger partial charge on any atom is 0.248 e. The summed E-state index contributed by atoms with van der Waals surface area (Å²) in [6.45, 7) is 1.92. The summed E-state index contributed by atoms with van der Waals surface area (Å²) in [6.07, 6.45) is 3.03. The predicted octanol–water partition coefficient (Wildman–Crippen LogP) is 2.27. The van der Waals surface area contributed by atoms with E-state index < -0.39 is 0 Å². The molecule has 20 heavy (non-hydrogen) atoms. The summed E-state index contributed by atoms with van der Waals surface area (Å²) in [6, 6.07) is 7.47. The largest absolute Gasteiger partial charge is 0.303 e. The molecule has 0 spiro atoms. The van der Waals surface area contributed by atoms with Crippen LogP contribution in [0.2, 0.25) is 5.02 Å². The van der Waals surface area contributed by atoms with E-state index in [0.717, 1.165) is 30.1 Å². The highest BCUT2D eigenvalue weighted by Gasteiger charge is 2.08. The van der Waals surface area contributed by atoms with Gasteiger partial charge in [-0.1, -0.05) is 11.6 Å². The molecule has 1 aromatic carbocycles. The molecule has 0 unspecified atom stereocenters. The summed E-state index contributed by atoms with van der Waals surface area (Å²) in [5.41, 5.74) is 6.79. The molecule has 108 valence electrons. The molecule has 0 aliphatic carbocycles. The first-order valence-corrected chi connectivity index (χ1v) is 7.80. The number of hydrogen-bond donors (Lipinski definition) is 2. The van der Waals surface area contributed by atoms with Crippen LogP contribution in [0.25, 0.3) is 0 Å². The van der Waals surface area contributed by atoms with Crippen LogP contribution in [-0.2, 0) is 4.79 Å². The number of thioether (sulfide) groups is 1. The predicted molar refractivity (Wildman–Crippen MR) is 83.7 cm³/mol. The molecule has 0 aromatic heterocycles. The molecule has 0 saturated carbocycles. The van der Waals surface area contributed by atoms with E-state index in [-0.39, 0.29) is 5.91 Å². The van der Waals surface area contributed by atoms with Crippen molar-refractivity contribution in [1.29, 1.82) is 0 Å². The van der Waals surface area contributed by atoms with Crippen molar-refractivity contribution in [2.45, 2.75) is 11.3 Å². The lowest BCUT2D eigenvalue weighted by Gasteiger charge is -2.22. The Labute approximate surface area is 128 Å². The van der Waals surface area contributed by atoms with Gasteiger partial charge in [-0.05, 0) is 37.4 Å². The average molecular weight is 312 g/mol. The van der Waals surface area contributed by atoms with Crippen LogP contribution >= 0.6 is 23.4 Å². The summed E-state index contributed by atoms with van der Waals surface area (Å²) >= 11 is 7.30. The van der Waals surface area contributed by atoms with Crippen molar-refractivity contribution in [2.24, 2.45) is 0 Å². The lowest BCUT2D eigenvalue weighted by atomic mass is 10.2. The molecule has 1 amide bonds. The van der Waals surface area contributed by atoms with E-state index in [1.54, 1.807) is 0 Å². The van der Waals surface area contributed by atoms with Gasteiger partial charge in [-0.2, -0.15) is 0 Å². The van der Waals surface area contributed by atoms with Crippen LogP contribution in [0.5, 0.6) is 0 Å². The lowest BCUT2D eigenvalue weighted by Crippen LogP contribution is -2.40. The van der Waals surface area contributed by atoms with E-state index >= 15 is 0 Å². The highest BCUT2D eigenvalue weighted by Crippen LogP contribution is 2.19. The van der Waals surface area contributed by atoms with Crippen molar-refractivity contribution < 1.29 is 4.79 Å². The summed E-state index contributed by atoms with van der Waals surface area (Å²) in [5.74, 6) is 0.340. The van der Waals surface area contributed by atoms with E-state index in [1.807, 2.05) is 24.3 Å². The van der Waals surface area contributed by atoms with E-state index in [0.29, 0.717) is 10.8 Å². The van der Waals surface area contributed by atoms with Gasteiger partial charge in [0.2, 0.25) is 5.91 Å². The number of carbonyl (C=O) groups is 1. The van der Waals surface area contributed by atoms with Gasteiger partial charge >= 0.3 is 0 Å². The van der Waals surface area contributed by atoms with Crippen molar-refractivity contribution >= 4 is 29.3 Å². The molecule has 2 N–H and O–H groups in total. The fourth-order valence-electron chi connectivity index (χ4n) is 1.75. The van der Waals surface area contributed by atoms with Gasteiger partial charge in [-0.3, -0.25) is 10.2 Å². The van der Waals surface area contributed by atoms with Crippen LogP contribution in [0, 0.1) is 0 Å². The number of rotatable bonds is 5. The molecule has 1 heterocycles. The van der Waals surface area contributed by atoms with Gasteiger partial charge in [0.25, 0.3) is 0 Å². The number of nitrogens with one attached hydrogen (secondary N) is 2. The number of likely N-dealkylation sites (N-methyl/N-ethyl adjacent to an activating group) is 1. The summed E-state index contributed by atoms with van der Waals surface area (Å²) in [5, 5.41) is 0.703. The van der Waals surface area contributed by atoms with Gasteiger partial charge in [0.15, 0.2) is 0 Å². The van der Waals surface area contributed by atoms with Crippen molar-refractivity contribution in [3.63, 3.8) is 0 Å². The molecule has 1 aliphatic heterocycles. The molecule has 1 aliphatic rings. The molecule has 0 bridgehead atoms. The maximum absolute atomic E-state index is 11.7. The number of hydrazine groups is 1. The highest BCUT2D eigenvalue weighted by atomic mass is 35.5. The van der Waals surface area contributed by atoms with Crippen LogP contribution in [0.4, 0.5) is 0 Å². The van der Waals surface area contributed by atoms with E-state index in [9.17, 15) is 4.79 Å². The molecule has 2 rings (SSSR count). The Morgan fingerprint density at radius 3 is 2.80 bits per heavy atom. The van der Waals surface area contributed by atoms with Crippen LogP contribution < -0.4 is 10.9 Å². The second-order valence-electron chi connectivity index (χ2n) is 4.66. The first-order chi connectivity index (χ1) is 9.63.